The number of benzene rings is 1. The lowest BCUT2D eigenvalue weighted by molar-refractivity contribution is -0.130. The minimum atomic E-state index is -2.46. The molecule has 2 aromatic rings. The van der Waals surface area contributed by atoms with Crippen molar-refractivity contribution >= 4 is 26.4 Å². The monoisotopic (exact) mass is 488 g/mol. The molecule has 2 heterocycles. The van der Waals surface area contributed by atoms with Crippen molar-refractivity contribution in [1.29, 1.82) is 0 Å². The zero-order chi connectivity index (χ0) is 25.3. The fraction of sp³-hybridized carbons (Fsp3) is 0.480. The van der Waals surface area contributed by atoms with Gasteiger partial charge in [-0.15, -0.1) is 0 Å². The standard InChI is InChI=1S/C25H33FN2O5Si/c1-16-23(18-11-9-8-10-12-18)32-24(30)28(16)22(29)14-21(33-34(6,7)25(3,4)5)20(26)13-19-15-31-17(2)27-19/h8-13,15-16,21,23H,14H2,1-7H3/b20-13-/t16-,21-,23-/m0/s1. The van der Waals surface area contributed by atoms with E-state index in [1.807, 2.05) is 64.2 Å². The average molecular weight is 489 g/mol. The van der Waals surface area contributed by atoms with Gasteiger partial charge in [0.25, 0.3) is 0 Å². The molecular weight excluding hydrogens is 455 g/mol. The summed E-state index contributed by atoms with van der Waals surface area (Å²) in [5.41, 5.74) is 1.09. The molecule has 1 aromatic heterocycles. The molecule has 2 amide bonds. The molecule has 9 heteroatoms. The van der Waals surface area contributed by atoms with E-state index in [-0.39, 0.29) is 11.5 Å². The molecule has 0 unspecified atom stereocenters. The van der Waals surface area contributed by atoms with Gasteiger partial charge in [0.1, 0.15) is 30.0 Å². The molecule has 0 N–H and O–H groups in total. The molecule has 0 saturated carbocycles. The van der Waals surface area contributed by atoms with Gasteiger partial charge in [-0.2, -0.15) is 0 Å². The Hall–Kier alpha value is -2.78. The second kappa shape index (κ2) is 9.83. The summed E-state index contributed by atoms with van der Waals surface area (Å²) >= 11 is 0. The molecule has 1 saturated heterocycles. The van der Waals surface area contributed by atoms with Gasteiger partial charge in [-0.1, -0.05) is 51.1 Å². The summed E-state index contributed by atoms with van der Waals surface area (Å²) in [6.45, 7) is 13.5. The maximum absolute atomic E-state index is 15.5. The van der Waals surface area contributed by atoms with E-state index in [1.54, 1.807) is 13.8 Å². The fourth-order valence-electron chi connectivity index (χ4n) is 3.55. The van der Waals surface area contributed by atoms with Crippen LogP contribution in [0.5, 0.6) is 0 Å². The number of rotatable bonds is 7. The highest BCUT2D eigenvalue weighted by molar-refractivity contribution is 6.74. The summed E-state index contributed by atoms with van der Waals surface area (Å²) in [6, 6.07) is 8.69. The van der Waals surface area contributed by atoms with Gasteiger partial charge in [-0.05, 0) is 30.6 Å². The Morgan fingerprint density at radius 1 is 1.29 bits per heavy atom. The van der Waals surface area contributed by atoms with Gasteiger partial charge >= 0.3 is 6.09 Å². The van der Waals surface area contributed by atoms with Crippen LogP contribution in [0, 0.1) is 6.92 Å². The molecule has 1 aromatic carbocycles. The van der Waals surface area contributed by atoms with Crippen LogP contribution >= 0.6 is 0 Å². The summed E-state index contributed by atoms with van der Waals surface area (Å²) in [4.78, 5) is 31.1. The Morgan fingerprint density at radius 2 is 1.94 bits per heavy atom. The van der Waals surface area contributed by atoms with E-state index in [9.17, 15) is 9.59 Å². The second-order valence-corrected chi connectivity index (χ2v) is 14.9. The van der Waals surface area contributed by atoms with Gasteiger partial charge in [0, 0.05) is 13.0 Å². The highest BCUT2D eigenvalue weighted by Crippen LogP contribution is 2.39. The molecule has 3 atom stereocenters. The molecule has 0 aliphatic carbocycles. The summed E-state index contributed by atoms with van der Waals surface area (Å²) < 4.78 is 32.4. The summed E-state index contributed by atoms with van der Waals surface area (Å²) in [5, 5.41) is -0.211. The third-order valence-electron chi connectivity index (χ3n) is 6.50. The minimum absolute atomic E-state index is 0.211. The van der Waals surface area contributed by atoms with Crippen molar-refractivity contribution in [3.8, 4) is 0 Å². The molecule has 0 radical (unpaired) electrons. The fourth-order valence-corrected chi connectivity index (χ4v) is 4.81. The Labute approximate surface area is 201 Å². The lowest BCUT2D eigenvalue weighted by Crippen LogP contribution is -2.46. The highest BCUT2D eigenvalue weighted by atomic mass is 28.4. The van der Waals surface area contributed by atoms with Gasteiger partial charge in [0.05, 0.1) is 12.5 Å². The van der Waals surface area contributed by atoms with Crippen LogP contribution in [-0.2, 0) is 14.0 Å². The van der Waals surface area contributed by atoms with Gasteiger partial charge in [-0.3, -0.25) is 4.79 Å². The van der Waals surface area contributed by atoms with E-state index in [0.29, 0.717) is 11.6 Å². The number of imide groups is 1. The molecule has 1 aliphatic rings. The molecule has 0 spiro atoms. The molecule has 0 bridgehead atoms. The van der Waals surface area contributed by atoms with E-state index < -0.39 is 44.4 Å². The van der Waals surface area contributed by atoms with Crippen molar-refractivity contribution in [3.63, 3.8) is 0 Å². The first-order valence-corrected chi connectivity index (χ1v) is 14.3. The van der Waals surface area contributed by atoms with E-state index in [1.165, 1.54) is 12.3 Å². The van der Waals surface area contributed by atoms with Crippen LogP contribution in [0.25, 0.3) is 6.08 Å². The Morgan fingerprint density at radius 3 is 2.50 bits per heavy atom. The number of amides is 2. The van der Waals surface area contributed by atoms with Crippen LogP contribution in [0.1, 0.15) is 57.4 Å². The van der Waals surface area contributed by atoms with Gasteiger partial charge in [0.15, 0.2) is 14.2 Å². The number of aryl methyl sites for hydroxylation is 1. The first-order valence-electron chi connectivity index (χ1n) is 11.3. The number of ether oxygens (including phenoxy) is 1. The SMILES string of the molecule is Cc1nc(/C=C(\F)[C@H](CC(=O)N2C(=O)O[C@H](c3ccccc3)[C@@H]2C)O[Si](C)(C)C(C)(C)C)co1. The molecule has 34 heavy (non-hydrogen) atoms. The summed E-state index contributed by atoms with van der Waals surface area (Å²) in [5.74, 6) is -0.802. The molecule has 184 valence electrons. The number of hydrogen-bond acceptors (Lipinski definition) is 6. The number of nitrogens with zero attached hydrogens (tertiary/aromatic N) is 2. The van der Waals surface area contributed by atoms with Gasteiger partial charge in [-0.25, -0.2) is 19.1 Å². The van der Waals surface area contributed by atoms with Gasteiger partial charge < -0.3 is 13.6 Å². The summed E-state index contributed by atoms with van der Waals surface area (Å²) in [7, 11) is -2.46. The van der Waals surface area contributed by atoms with Crippen LogP contribution in [-0.4, -0.2) is 42.3 Å². The Bertz CT molecular complexity index is 1060. The Balaban J connectivity index is 1.85. The average Bonchev–Trinajstić information content (AvgIpc) is 3.28. The smallest absolute Gasteiger partial charge is 0.417 e. The van der Waals surface area contributed by atoms with Crippen LogP contribution < -0.4 is 0 Å². The number of carbonyl (C=O) groups excluding carboxylic acids is 2. The first-order chi connectivity index (χ1) is 15.8. The van der Waals surface area contributed by atoms with Gasteiger partial charge in [0.2, 0.25) is 5.91 Å². The van der Waals surface area contributed by atoms with Crippen molar-refractivity contribution in [3.05, 3.63) is 59.6 Å². The van der Waals surface area contributed by atoms with E-state index in [2.05, 4.69) is 4.98 Å². The highest BCUT2D eigenvalue weighted by Gasteiger charge is 2.45. The van der Waals surface area contributed by atoms with Crippen molar-refractivity contribution in [2.45, 2.75) is 77.4 Å². The van der Waals surface area contributed by atoms with Crippen molar-refractivity contribution in [2.24, 2.45) is 0 Å². The molecule has 3 rings (SSSR count). The van der Waals surface area contributed by atoms with Crippen LogP contribution in [0.3, 0.4) is 0 Å². The lowest BCUT2D eigenvalue weighted by Gasteiger charge is -2.39. The summed E-state index contributed by atoms with van der Waals surface area (Å²) in [6.07, 6.45) is -0.289. The van der Waals surface area contributed by atoms with Crippen LogP contribution in [0.4, 0.5) is 9.18 Å². The second-order valence-electron chi connectivity index (χ2n) is 10.1. The molecule has 1 fully saturated rings. The predicted octanol–water partition coefficient (Wildman–Crippen LogP) is 6.18. The van der Waals surface area contributed by atoms with E-state index in [0.717, 1.165) is 10.5 Å². The topological polar surface area (TPSA) is 81.9 Å². The first kappa shape index (κ1) is 25.8. The zero-order valence-electron chi connectivity index (χ0n) is 20.8. The third-order valence-corrected chi connectivity index (χ3v) is 11.0. The number of cyclic esters (lactones) is 1. The maximum atomic E-state index is 15.5. The van der Waals surface area contributed by atoms with Crippen LogP contribution in [0.15, 0.2) is 46.8 Å². The predicted molar refractivity (Wildman–Crippen MR) is 129 cm³/mol. The largest absolute Gasteiger partial charge is 0.449 e. The minimum Gasteiger partial charge on any atom is -0.449 e. The molecule has 1 aliphatic heterocycles. The number of carbonyl (C=O) groups is 2. The third kappa shape index (κ3) is 5.64. The number of halogens is 1. The van der Waals surface area contributed by atoms with Crippen LogP contribution in [0.2, 0.25) is 18.1 Å². The number of hydrogen-bond donors (Lipinski definition) is 0. The number of aromatic nitrogens is 1. The lowest BCUT2D eigenvalue weighted by atomic mass is 10.0. The Kier molecular flexibility index (Phi) is 7.47. The van der Waals surface area contributed by atoms with E-state index >= 15 is 4.39 Å². The van der Waals surface area contributed by atoms with Crippen molar-refractivity contribution in [2.75, 3.05) is 0 Å². The van der Waals surface area contributed by atoms with Crippen molar-refractivity contribution < 1.29 is 27.6 Å². The molecule has 7 nitrogen and oxygen atoms in total. The normalized spacial score (nSPS) is 20.4. The molecular formula is C25H33FN2O5Si. The van der Waals surface area contributed by atoms with E-state index in [4.69, 9.17) is 13.6 Å². The van der Waals surface area contributed by atoms with Crippen molar-refractivity contribution in [1.82, 2.24) is 9.88 Å². The zero-order valence-corrected chi connectivity index (χ0v) is 21.8. The number of oxazole rings is 1. The maximum Gasteiger partial charge on any atom is 0.417 e. The quantitative estimate of drug-likeness (QED) is 0.433.